The van der Waals surface area contributed by atoms with E-state index in [1.807, 2.05) is 0 Å². The van der Waals surface area contributed by atoms with Crippen LogP contribution in [0.15, 0.2) is 42.5 Å². The van der Waals surface area contributed by atoms with Gasteiger partial charge in [-0.1, -0.05) is 29.8 Å². The Labute approximate surface area is 121 Å². The van der Waals surface area contributed by atoms with Crippen LogP contribution in [0.25, 0.3) is 0 Å². The molecule has 1 unspecified atom stereocenters. The highest BCUT2D eigenvalue weighted by atomic mass is 35.5. The lowest BCUT2D eigenvalue weighted by atomic mass is 10.1. The summed E-state index contributed by atoms with van der Waals surface area (Å²) in [5.74, 6) is 0.0151. The molecule has 0 radical (unpaired) electrons. The molecular formula is C15H14ClFO3. The quantitative estimate of drug-likeness (QED) is 0.916. The number of benzene rings is 2. The molecule has 0 amide bonds. The van der Waals surface area contributed by atoms with Crippen molar-refractivity contribution in [1.82, 2.24) is 0 Å². The van der Waals surface area contributed by atoms with E-state index in [2.05, 4.69) is 0 Å². The van der Waals surface area contributed by atoms with E-state index in [1.54, 1.807) is 30.3 Å². The van der Waals surface area contributed by atoms with Crippen molar-refractivity contribution in [2.45, 2.75) is 6.10 Å². The number of halogens is 2. The van der Waals surface area contributed by atoms with Gasteiger partial charge in [0.2, 0.25) is 0 Å². The third-order valence-electron chi connectivity index (χ3n) is 2.78. The zero-order chi connectivity index (χ0) is 14.5. The van der Waals surface area contributed by atoms with Crippen LogP contribution < -0.4 is 9.47 Å². The van der Waals surface area contributed by atoms with Gasteiger partial charge in [-0.2, -0.15) is 0 Å². The van der Waals surface area contributed by atoms with E-state index in [0.29, 0.717) is 10.8 Å². The van der Waals surface area contributed by atoms with Crippen LogP contribution in [0, 0.1) is 5.82 Å². The van der Waals surface area contributed by atoms with Crippen LogP contribution in [0.5, 0.6) is 11.5 Å². The molecular weight excluding hydrogens is 283 g/mol. The summed E-state index contributed by atoms with van der Waals surface area (Å²) in [7, 11) is 1.37. The van der Waals surface area contributed by atoms with E-state index in [1.165, 1.54) is 19.2 Å². The Bertz CT molecular complexity index is 589. The van der Waals surface area contributed by atoms with Crippen molar-refractivity contribution in [2.24, 2.45) is 0 Å². The molecule has 0 aromatic heterocycles. The molecule has 2 aromatic carbocycles. The fraction of sp³-hybridized carbons (Fsp3) is 0.200. The van der Waals surface area contributed by atoms with Crippen LogP contribution >= 0.6 is 11.6 Å². The number of methoxy groups -OCH3 is 1. The summed E-state index contributed by atoms with van der Waals surface area (Å²) in [6.45, 7) is -0.0789. The molecule has 3 nitrogen and oxygen atoms in total. The largest absolute Gasteiger partial charge is 0.494 e. The van der Waals surface area contributed by atoms with E-state index >= 15 is 0 Å². The summed E-state index contributed by atoms with van der Waals surface area (Å²) in [5.41, 5.74) is 0.131. The first-order valence-electron chi connectivity index (χ1n) is 6.00. The molecule has 106 valence electrons. The second-order valence-electron chi connectivity index (χ2n) is 4.15. The van der Waals surface area contributed by atoms with Crippen molar-refractivity contribution >= 4 is 11.6 Å². The number of rotatable bonds is 5. The second-order valence-corrected chi connectivity index (χ2v) is 4.58. The van der Waals surface area contributed by atoms with Crippen molar-refractivity contribution in [1.29, 1.82) is 0 Å². The number of hydrogen-bond acceptors (Lipinski definition) is 3. The molecule has 0 fully saturated rings. The van der Waals surface area contributed by atoms with Gasteiger partial charge in [-0.3, -0.25) is 0 Å². The van der Waals surface area contributed by atoms with Crippen LogP contribution in [0.1, 0.15) is 11.7 Å². The van der Waals surface area contributed by atoms with Gasteiger partial charge >= 0.3 is 0 Å². The van der Waals surface area contributed by atoms with E-state index < -0.39 is 11.9 Å². The predicted octanol–water partition coefficient (Wildman–Crippen LogP) is 3.60. The van der Waals surface area contributed by atoms with Crippen LogP contribution in [-0.4, -0.2) is 18.8 Å². The number of aliphatic hydroxyl groups excluding tert-OH is 1. The Morgan fingerprint density at radius 1 is 1.25 bits per heavy atom. The topological polar surface area (TPSA) is 38.7 Å². The molecule has 0 saturated heterocycles. The molecule has 1 N–H and O–H groups in total. The first-order valence-corrected chi connectivity index (χ1v) is 6.38. The number of ether oxygens (including phenoxy) is 2. The average molecular weight is 297 g/mol. The van der Waals surface area contributed by atoms with Crippen molar-refractivity contribution < 1.29 is 19.0 Å². The highest BCUT2D eigenvalue weighted by Crippen LogP contribution is 2.26. The number of hydrogen-bond donors (Lipinski definition) is 1. The van der Waals surface area contributed by atoms with Crippen LogP contribution in [-0.2, 0) is 0 Å². The zero-order valence-electron chi connectivity index (χ0n) is 10.8. The molecule has 0 aliphatic heterocycles. The lowest BCUT2D eigenvalue weighted by Crippen LogP contribution is -2.11. The SMILES string of the molecule is COc1cccc(C(O)COc2cccc(Cl)c2)c1F. The van der Waals surface area contributed by atoms with Crippen LogP contribution in [0.4, 0.5) is 4.39 Å². The molecule has 0 bridgehead atoms. The van der Waals surface area contributed by atoms with E-state index in [0.717, 1.165) is 0 Å². The molecule has 0 aliphatic rings. The Kier molecular flexibility index (Phi) is 4.82. The summed E-state index contributed by atoms with van der Waals surface area (Å²) >= 11 is 5.82. The smallest absolute Gasteiger partial charge is 0.170 e. The third kappa shape index (κ3) is 3.40. The lowest BCUT2D eigenvalue weighted by Gasteiger charge is -2.14. The van der Waals surface area contributed by atoms with E-state index in [4.69, 9.17) is 21.1 Å². The minimum Gasteiger partial charge on any atom is -0.494 e. The molecule has 0 aliphatic carbocycles. The molecule has 1 atom stereocenters. The van der Waals surface area contributed by atoms with Gasteiger partial charge in [0, 0.05) is 10.6 Å². The molecule has 2 aromatic rings. The minimum absolute atomic E-state index is 0.0789. The van der Waals surface area contributed by atoms with Crippen molar-refractivity contribution in [3.05, 3.63) is 58.9 Å². The molecule has 20 heavy (non-hydrogen) atoms. The average Bonchev–Trinajstić information content (AvgIpc) is 2.45. The zero-order valence-corrected chi connectivity index (χ0v) is 11.6. The van der Waals surface area contributed by atoms with Crippen molar-refractivity contribution in [3.8, 4) is 11.5 Å². The van der Waals surface area contributed by atoms with Gasteiger partial charge in [-0.15, -0.1) is 0 Å². The van der Waals surface area contributed by atoms with Gasteiger partial charge in [0.05, 0.1) is 7.11 Å². The highest BCUT2D eigenvalue weighted by molar-refractivity contribution is 6.30. The Balaban J connectivity index is 2.07. The molecule has 5 heteroatoms. The van der Waals surface area contributed by atoms with Crippen molar-refractivity contribution in [2.75, 3.05) is 13.7 Å². The summed E-state index contributed by atoms with van der Waals surface area (Å²) in [6, 6.07) is 11.4. The highest BCUT2D eigenvalue weighted by Gasteiger charge is 2.16. The molecule has 0 saturated carbocycles. The third-order valence-corrected chi connectivity index (χ3v) is 3.01. The van der Waals surface area contributed by atoms with Crippen LogP contribution in [0.2, 0.25) is 5.02 Å². The normalized spacial score (nSPS) is 12.0. The second kappa shape index (κ2) is 6.59. The van der Waals surface area contributed by atoms with E-state index in [-0.39, 0.29) is 17.9 Å². The molecule has 0 spiro atoms. The van der Waals surface area contributed by atoms with Gasteiger partial charge < -0.3 is 14.6 Å². The summed E-state index contributed by atoms with van der Waals surface area (Å²) in [5, 5.41) is 10.5. The van der Waals surface area contributed by atoms with Gasteiger partial charge in [0.25, 0.3) is 0 Å². The maximum atomic E-state index is 14.0. The monoisotopic (exact) mass is 296 g/mol. The maximum Gasteiger partial charge on any atom is 0.170 e. The predicted molar refractivity (Wildman–Crippen MR) is 74.9 cm³/mol. The Hall–Kier alpha value is -1.78. The Morgan fingerprint density at radius 2 is 2.00 bits per heavy atom. The Morgan fingerprint density at radius 3 is 2.70 bits per heavy atom. The fourth-order valence-corrected chi connectivity index (χ4v) is 1.94. The fourth-order valence-electron chi connectivity index (χ4n) is 1.76. The van der Waals surface area contributed by atoms with Crippen LogP contribution in [0.3, 0.4) is 0 Å². The standard InChI is InChI=1S/C15H14ClFO3/c1-19-14-7-3-6-12(15(14)17)13(18)9-20-11-5-2-4-10(16)8-11/h2-8,13,18H,9H2,1H3. The van der Waals surface area contributed by atoms with Gasteiger partial charge in [0.15, 0.2) is 11.6 Å². The minimum atomic E-state index is -1.09. The summed E-state index contributed by atoms with van der Waals surface area (Å²) in [4.78, 5) is 0. The summed E-state index contributed by atoms with van der Waals surface area (Å²) in [6.07, 6.45) is -1.09. The first kappa shape index (κ1) is 14.6. The first-order chi connectivity index (χ1) is 9.61. The van der Waals surface area contributed by atoms with Gasteiger partial charge in [-0.25, -0.2) is 4.39 Å². The molecule has 0 heterocycles. The number of aliphatic hydroxyl groups is 1. The summed E-state index contributed by atoms with van der Waals surface area (Å²) < 4.78 is 24.2. The molecule has 2 rings (SSSR count). The van der Waals surface area contributed by atoms with Gasteiger partial charge in [0.1, 0.15) is 18.5 Å². The lowest BCUT2D eigenvalue weighted by molar-refractivity contribution is 0.104. The van der Waals surface area contributed by atoms with E-state index in [9.17, 15) is 9.50 Å². The van der Waals surface area contributed by atoms with Gasteiger partial charge in [-0.05, 0) is 24.3 Å². The maximum absolute atomic E-state index is 14.0. The van der Waals surface area contributed by atoms with Crippen molar-refractivity contribution in [3.63, 3.8) is 0 Å².